The van der Waals surface area contributed by atoms with Crippen molar-refractivity contribution in [1.29, 1.82) is 0 Å². The largest absolute Gasteiger partial charge is 0.379 e. The number of H-pyrrole nitrogens is 1. The first-order valence-electron chi connectivity index (χ1n) is 9.28. The average molecular weight is 342 g/mol. The summed E-state index contributed by atoms with van der Waals surface area (Å²) in [5.74, 6) is 1.02. The van der Waals surface area contributed by atoms with Crippen LogP contribution in [0, 0.1) is 6.92 Å². The summed E-state index contributed by atoms with van der Waals surface area (Å²) in [6.07, 6.45) is 3.39. The molecule has 25 heavy (non-hydrogen) atoms. The maximum atomic E-state index is 13.2. The minimum Gasteiger partial charge on any atom is -0.379 e. The number of rotatable bonds is 3. The van der Waals surface area contributed by atoms with Gasteiger partial charge in [-0.3, -0.25) is 9.69 Å². The predicted octanol–water partition coefficient (Wildman–Crippen LogP) is 2.20. The molecule has 134 valence electrons. The molecule has 1 aromatic carbocycles. The fraction of sp³-hybridized carbons (Fsp3) is 0.579. The van der Waals surface area contributed by atoms with Gasteiger partial charge in [-0.1, -0.05) is 0 Å². The molecule has 1 amide bonds. The second kappa shape index (κ2) is 7.14. The van der Waals surface area contributed by atoms with E-state index in [2.05, 4.69) is 19.8 Å². The third kappa shape index (κ3) is 3.55. The standard InChI is InChI=1S/C19H26N4O2/c1-14-20-17-6-5-15(12-18(17)21-14)19(24)23-7-3-2-4-16(23)13-22-8-10-25-11-9-22/h5-6,12,16H,2-4,7-11,13H2,1H3,(H,20,21). The number of hydrogen-bond donors (Lipinski definition) is 1. The van der Waals surface area contributed by atoms with E-state index in [9.17, 15) is 4.79 Å². The lowest BCUT2D eigenvalue weighted by atomic mass is 10.00. The zero-order valence-electron chi connectivity index (χ0n) is 14.8. The Balaban J connectivity index is 1.52. The van der Waals surface area contributed by atoms with E-state index in [1.54, 1.807) is 0 Å². The molecule has 6 heteroatoms. The number of carbonyl (C=O) groups is 1. The molecule has 6 nitrogen and oxygen atoms in total. The summed E-state index contributed by atoms with van der Waals surface area (Å²) in [6.45, 7) is 7.29. The number of morpholine rings is 1. The Kier molecular flexibility index (Phi) is 4.72. The minimum absolute atomic E-state index is 0.145. The molecule has 3 heterocycles. The number of piperidine rings is 1. The van der Waals surface area contributed by atoms with Gasteiger partial charge in [0.2, 0.25) is 0 Å². The maximum Gasteiger partial charge on any atom is 0.254 e. The van der Waals surface area contributed by atoms with Crippen LogP contribution < -0.4 is 0 Å². The van der Waals surface area contributed by atoms with E-state index in [0.717, 1.165) is 74.7 Å². The molecular formula is C19H26N4O2. The van der Waals surface area contributed by atoms with Crippen LogP contribution in [0.3, 0.4) is 0 Å². The van der Waals surface area contributed by atoms with E-state index in [1.807, 2.05) is 25.1 Å². The van der Waals surface area contributed by atoms with Gasteiger partial charge in [-0.2, -0.15) is 0 Å². The molecular weight excluding hydrogens is 316 g/mol. The third-order valence-electron chi connectivity index (χ3n) is 5.31. The first-order valence-corrected chi connectivity index (χ1v) is 9.28. The number of imidazole rings is 1. The number of ether oxygens (including phenoxy) is 1. The Labute approximate surface area is 148 Å². The van der Waals surface area contributed by atoms with Gasteiger partial charge in [0.1, 0.15) is 5.82 Å². The average Bonchev–Trinajstić information content (AvgIpc) is 3.01. The van der Waals surface area contributed by atoms with Crippen molar-refractivity contribution in [2.45, 2.75) is 32.2 Å². The van der Waals surface area contributed by atoms with E-state index < -0.39 is 0 Å². The number of hydrogen-bond acceptors (Lipinski definition) is 4. The highest BCUT2D eigenvalue weighted by Crippen LogP contribution is 2.22. The first-order chi connectivity index (χ1) is 12.2. The second-order valence-corrected chi connectivity index (χ2v) is 7.12. The molecule has 2 saturated heterocycles. The molecule has 2 aliphatic heterocycles. The lowest BCUT2D eigenvalue weighted by molar-refractivity contribution is 0.0166. The topological polar surface area (TPSA) is 61.5 Å². The van der Waals surface area contributed by atoms with Crippen LogP contribution in [-0.4, -0.2) is 71.1 Å². The lowest BCUT2D eigenvalue weighted by Gasteiger charge is -2.39. The Bertz CT molecular complexity index is 751. The minimum atomic E-state index is 0.145. The Morgan fingerprint density at radius 3 is 2.96 bits per heavy atom. The van der Waals surface area contributed by atoms with Crippen molar-refractivity contribution < 1.29 is 9.53 Å². The summed E-state index contributed by atoms with van der Waals surface area (Å²) in [6, 6.07) is 6.09. The van der Waals surface area contributed by atoms with Crippen molar-refractivity contribution in [2.24, 2.45) is 0 Å². The number of likely N-dealkylation sites (tertiary alicyclic amines) is 1. The van der Waals surface area contributed by atoms with Gasteiger partial charge in [0.05, 0.1) is 24.2 Å². The highest BCUT2D eigenvalue weighted by Gasteiger charge is 2.29. The number of benzene rings is 1. The van der Waals surface area contributed by atoms with Gasteiger partial charge in [0, 0.05) is 37.8 Å². The van der Waals surface area contributed by atoms with Gasteiger partial charge in [0.25, 0.3) is 5.91 Å². The molecule has 2 aliphatic rings. The molecule has 1 aromatic heterocycles. The fourth-order valence-electron chi connectivity index (χ4n) is 3.98. The van der Waals surface area contributed by atoms with Crippen LogP contribution in [0.4, 0.5) is 0 Å². The molecule has 2 aromatic rings. The molecule has 2 fully saturated rings. The SMILES string of the molecule is Cc1nc2ccc(C(=O)N3CCCCC3CN3CCOCC3)cc2[nH]1. The number of nitrogens with zero attached hydrogens (tertiary/aromatic N) is 3. The number of amides is 1. The lowest BCUT2D eigenvalue weighted by Crippen LogP contribution is -2.51. The van der Waals surface area contributed by atoms with Crippen LogP contribution in [-0.2, 0) is 4.74 Å². The number of aryl methyl sites for hydroxylation is 1. The van der Waals surface area contributed by atoms with Crippen LogP contribution in [0.1, 0.15) is 35.4 Å². The van der Waals surface area contributed by atoms with Gasteiger partial charge < -0.3 is 14.6 Å². The molecule has 0 radical (unpaired) electrons. The van der Waals surface area contributed by atoms with E-state index in [0.29, 0.717) is 6.04 Å². The number of carbonyl (C=O) groups excluding carboxylic acids is 1. The maximum absolute atomic E-state index is 13.2. The summed E-state index contributed by atoms with van der Waals surface area (Å²) >= 11 is 0. The van der Waals surface area contributed by atoms with Crippen LogP contribution in [0.15, 0.2) is 18.2 Å². The summed E-state index contributed by atoms with van der Waals surface area (Å²) < 4.78 is 5.44. The molecule has 0 aliphatic carbocycles. The van der Waals surface area contributed by atoms with Crippen molar-refractivity contribution in [3.05, 3.63) is 29.6 Å². The number of aromatic amines is 1. The molecule has 0 bridgehead atoms. The Hall–Kier alpha value is -1.92. The van der Waals surface area contributed by atoms with Crippen LogP contribution in [0.2, 0.25) is 0 Å². The van der Waals surface area contributed by atoms with Gasteiger partial charge in [-0.05, 0) is 44.4 Å². The molecule has 0 saturated carbocycles. The quantitative estimate of drug-likeness (QED) is 0.929. The molecule has 4 rings (SSSR count). The summed E-state index contributed by atoms with van der Waals surface area (Å²) in [5, 5.41) is 0. The van der Waals surface area contributed by atoms with Crippen LogP contribution >= 0.6 is 0 Å². The number of nitrogens with one attached hydrogen (secondary N) is 1. The fourth-order valence-corrected chi connectivity index (χ4v) is 3.98. The third-order valence-corrected chi connectivity index (χ3v) is 5.31. The van der Waals surface area contributed by atoms with Crippen molar-refractivity contribution >= 4 is 16.9 Å². The molecule has 1 N–H and O–H groups in total. The van der Waals surface area contributed by atoms with E-state index in [-0.39, 0.29) is 5.91 Å². The highest BCUT2D eigenvalue weighted by atomic mass is 16.5. The van der Waals surface area contributed by atoms with Crippen molar-refractivity contribution in [2.75, 3.05) is 39.4 Å². The summed E-state index contributed by atoms with van der Waals surface area (Å²) in [7, 11) is 0. The van der Waals surface area contributed by atoms with E-state index >= 15 is 0 Å². The summed E-state index contributed by atoms with van der Waals surface area (Å²) in [4.78, 5) is 25.3. The van der Waals surface area contributed by atoms with Crippen molar-refractivity contribution in [1.82, 2.24) is 19.8 Å². The zero-order chi connectivity index (χ0) is 17.2. The number of fused-ring (bicyclic) bond motifs is 1. The normalized spacial score (nSPS) is 22.4. The summed E-state index contributed by atoms with van der Waals surface area (Å²) in [5.41, 5.74) is 2.60. The van der Waals surface area contributed by atoms with Gasteiger partial charge in [-0.25, -0.2) is 4.98 Å². The van der Waals surface area contributed by atoms with E-state index in [1.165, 1.54) is 6.42 Å². The molecule has 1 unspecified atom stereocenters. The molecule has 0 spiro atoms. The van der Waals surface area contributed by atoms with Gasteiger partial charge in [0.15, 0.2) is 0 Å². The first kappa shape index (κ1) is 16.5. The zero-order valence-corrected chi connectivity index (χ0v) is 14.8. The molecule has 1 atom stereocenters. The smallest absolute Gasteiger partial charge is 0.254 e. The van der Waals surface area contributed by atoms with Crippen molar-refractivity contribution in [3.63, 3.8) is 0 Å². The Morgan fingerprint density at radius 2 is 2.12 bits per heavy atom. The number of aromatic nitrogens is 2. The van der Waals surface area contributed by atoms with Crippen molar-refractivity contribution in [3.8, 4) is 0 Å². The monoisotopic (exact) mass is 342 g/mol. The highest BCUT2D eigenvalue weighted by molar-refractivity contribution is 5.97. The van der Waals surface area contributed by atoms with E-state index in [4.69, 9.17) is 4.74 Å². The predicted molar refractivity (Wildman–Crippen MR) is 96.8 cm³/mol. The Morgan fingerprint density at radius 1 is 1.28 bits per heavy atom. The van der Waals surface area contributed by atoms with Gasteiger partial charge >= 0.3 is 0 Å². The second-order valence-electron chi connectivity index (χ2n) is 7.12. The van der Waals surface area contributed by atoms with Crippen LogP contribution in [0.25, 0.3) is 11.0 Å². The van der Waals surface area contributed by atoms with Gasteiger partial charge in [-0.15, -0.1) is 0 Å². The van der Waals surface area contributed by atoms with Crippen LogP contribution in [0.5, 0.6) is 0 Å².